The summed E-state index contributed by atoms with van der Waals surface area (Å²) >= 11 is 0. The van der Waals surface area contributed by atoms with Crippen molar-refractivity contribution < 1.29 is 10.2 Å². The van der Waals surface area contributed by atoms with Crippen LogP contribution in [0.3, 0.4) is 0 Å². The van der Waals surface area contributed by atoms with Crippen molar-refractivity contribution in [2.45, 2.75) is 52.1 Å². The number of fused-ring (bicyclic) bond motifs is 3. The molecule has 17 heavy (non-hydrogen) atoms. The van der Waals surface area contributed by atoms with Gasteiger partial charge in [0.25, 0.3) is 0 Å². The van der Waals surface area contributed by atoms with Crippen molar-refractivity contribution in [3.8, 4) is 0 Å². The Labute approximate surface area is 104 Å². The van der Waals surface area contributed by atoms with E-state index in [0.717, 1.165) is 31.1 Å². The van der Waals surface area contributed by atoms with Gasteiger partial charge in [0.2, 0.25) is 0 Å². The van der Waals surface area contributed by atoms with E-state index in [-0.39, 0.29) is 0 Å². The molecule has 3 saturated carbocycles. The largest absolute Gasteiger partial charge is 0.396 e. The summed E-state index contributed by atoms with van der Waals surface area (Å²) in [6, 6.07) is 0. The zero-order chi connectivity index (χ0) is 12.4. The molecule has 0 amide bonds. The quantitative estimate of drug-likeness (QED) is 0.736. The van der Waals surface area contributed by atoms with E-state index in [1.54, 1.807) is 0 Å². The number of aliphatic hydroxyl groups excluding tert-OH is 1. The van der Waals surface area contributed by atoms with Gasteiger partial charge in [-0.3, -0.25) is 0 Å². The molecule has 3 fully saturated rings. The molecule has 0 bridgehead atoms. The van der Waals surface area contributed by atoms with Crippen molar-refractivity contribution in [3.63, 3.8) is 0 Å². The van der Waals surface area contributed by atoms with Gasteiger partial charge in [-0.2, -0.15) is 0 Å². The van der Waals surface area contributed by atoms with Crippen molar-refractivity contribution in [1.29, 1.82) is 0 Å². The van der Waals surface area contributed by atoms with Gasteiger partial charge in [0, 0.05) is 6.61 Å². The molecule has 0 radical (unpaired) electrons. The van der Waals surface area contributed by atoms with Crippen LogP contribution in [0.15, 0.2) is 0 Å². The van der Waals surface area contributed by atoms with Gasteiger partial charge in [-0.25, -0.2) is 0 Å². The van der Waals surface area contributed by atoms with Crippen LogP contribution >= 0.6 is 0 Å². The highest BCUT2D eigenvalue weighted by atomic mass is 16.3. The average Bonchev–Trinajstić information content (AvgIpc) is 2.64. The molecule has 0 aliphatic heterocycles. The molecule has 0 saturated heterocycles. The highest BCUT2D eigenvalue weighted by Gasteiger charge is 2.67. The van der Waals surface area contributed by atoms with Gasteiger partial charge in [0.15, 0.2) is 0 Å². The lowest BCUT2D eigenvalue weighted by Crippen LogP contribution is -2.38. The number of hydrogen-bond acceptors (Lipinski definition) is 2. The Balaban J connectivity index is 1.93. The van der Waals surface area contributed by atoms with Crippen LogP contribution in [0.4, 0.5) is 0 Å². The molecular formula is C15H26O2. The zero-order valence-corrected chi connectivity index (χ0v) is 11.3. The van der Waals surface area contributed by atoms with Gasteiger partial charge in [-0.1, -0.05) is 13.8 Å². The maximum absolute atomic E-state index is 10.7. The third-order valence-corrected chi connectivity index (χ3v) is 6.41. The van der Waals surface area contributed by atoms with E-state index in [4.69, 9.17) is 0 Å². The summed E-state index contributed by atoms with van der Waals surface area (Å²) in [5, 5.41) is 20.3. The molecular weight excluding hydrogens is 212 g/mol. The Morgan fingerprint density at radius 1 is 1.06 bits per heavy atom. The molecule has 2 N–H and O–H groups in total. The summed E-state index contributed by atoms with van der Waals surface area (Å²) in [4.78, 5) is 0. The number of rotatable bonds is 1. The highest BCUT2D eigenvalue weighted by molar-refractivity contribution is 5.15. The van der Waals surface area contributed by atoms with E-state index in [9.17, 15) is 10.2 Å². The van der Waals surface area contributed by atoms with Crippen LogP contribution < -0.4 is 0 Å². The third kappa shape index (κ3) is 1.53. The summed E-state index contributed by atoms with van der Waals surface area (Å²) in [5.41, 5.74) is -0.0325. The normalized spacial score (nSPS) is 55.9. The van der Waals surface area contributed by atoms with Crippen LogP contribution in [0.1, 0.15) is 46.5 Å². The van der Waals surface area contributed by atoms with Crippen LogP contribution in [-0.2, 0) is 0 Å². The third-order valence-electron chi connectivity index (χ3n) is 6.41. The van der Waals surface area contributed by atoms with Crippen LogP contribution in [-0.4, -0.2) is 22.4 Å². The van der Waals surface area contributed by atoms with Crippen LogP contribution in [0.25, 0.3) is 0 Å². The van der Waals surface area contributed by atoms with E-state index in [1.807, 2.05) is 6.92 Å². The smallest absolute Gasteiger partial charge is 0.0650 e. The molecule has 6 atom stereocenters. The summed E-state index contributed by atoms with van der Waals surface area (Å²) < 4.78 is 0. The summed E-state index contributed by atoms with van der Waals surface area (Å²) in [6.07, 6.45) is 4.36. The van der Waals surface area contributed by atoms with Gasteiger partial charge in [0.1, 0.15) is 0 Å². The van der Waals surface area contributed by atoms with Crippen molar-refractivity contribution >= 4 is 0 Å². The highest BCUT2D eigenvalue weighted by Crippen LogP contribution is 2.71. The van der Waals surface area contributed by atoms with E-state index < -0.39 is 5.60 Å². The topological polar surface area (TPSA) is 40.5 Å². The predicted molar refractivity (Wildman–Crippen MR) is 67.4 cm³/mol. The first kappa shape index (κ1) is 12.0. The maximum atomic E-state index is 10.7. The van der Waals surface area contributed by atoms with Crippen molar-refractivity contribution in [1.82, 2.24) is 0 Å². The van der Waals surface area contributed by atoms with Gasteiger partial charge in [-0.15, -0.1) is 0 Å². The molecule has 98 valence electrons. The minimum absolute atomic E-state index is 0.316. The van der Waals surface area contributed by atoms with Crippen molar-refractivity contribution in [2.75, 3.05) is 6.61 Å². The van der Waals surface area contributed by atoms with Gasteiger partial charge in [0.05, 0.1) is 5.60 Å². The lowest BCUT2D eigenvalue weighted by Gasteiger charge is -2.35. The zero-order valence-electron chi connectivity index (χ0n) is 11.3. The molecule has 3 aliphatic rings. The molecule has 2 heteroatoms. The number of aliphatic hydroxyl groups is 2. The van der Waals surface area contributed by atoms with Gasteiger partial charge in [-0.05, 0) is 67.6 Å². The second kappa shape index (κ2) is 3.48. The van der Waals surface area contributed by atoms with Gasteiger partial charge >= 0.3 is 0 Å². The molecule has 3 rings (SSSR count). The summed E-state index contributed by atoms with van der Waals surface area (Å²) in [7, 11) is 0. The van der Waals surface area contributed by atoms with Crippen LogP contribution in [0.5, 0.6) is 0 Å². The second-order valence-electron chi connectivity index (χ2n) is 7.55. The van der Waals surface area contributed by atoms with E-state index in [1.165, 1.54) is 6.42 Å². The van der Waals surface area contributed by atoms with E-state index in [0.29, 0.717) is 29.8 Å². The fourth-order valence-corrected chi connectivity index (χ4v) is 5.32. The Kier molecular flexibility index (Phi) is 2.45. The Hall–Kier alpha value is -0.0800. The lowest BCUT2D eigenvalue weighted by atomic mass is 9.74. The second-order valence-corrected chi connectivity index (χ2v) is 7.55. The van der Waals surface area contributed by atoms with Crippen molar-refractivity contribution in [3.05, 3.63) is 0 Å². The minimum Gasteiger partial charge on any atom is -0.396 e. The first-order valence-electron chi connectivity index (χ1n) is 7.23. The molecule has 0 spiro atoms. The minimum atomic E-state index is -0.488. The van der Waals surface area contributed by atoms with E-state index >= 15 is 0 Å². The average molecular weight is 238 g/mol. The molecule has 2 nitrogen and oxygen atoms in total. The molecule has 0 aromatic heterocycles. The Morgan fingerprint density at radius 2 is 1.76 bits per heavy atom. The molecule has 0 aromatic carbocycles. The standard InChI is InChI=1S/C15H26O2/c1-14(2)11-6-7-15(3,17)10-5-4-9(8-16)12(10)13(11)14/h9-13,16-17H,4-8H2,1-3H3/t9-,10-,11+,12+,13-,15-/m0/s1. The van der Waals surface area contributed by atoms with Crippen LogP contribution in [0, 0.1) is 35.0 Å². The maximum Gasteiger partial charge on any atom is 0.0650 e. The SMILES string of the molecule is CC1(C)[C@@H]2[C@@H]3[C@H](CO)CC[C@@H]3[C@@](C)(O)CC[C@H]21. The molecule has 3 aliphatic carbocycles. The number of hydrogen-bond donors (Lipinski definition) is 2. The lowest BCUT2D eigenvalue weighted by molar-refractivity contribution is -0.0335. The molecule has 0 aromatic rings. The van der Waals surface area contributed by atoms with Crippen LogP contribution in [0.2, 0.25) is 0 Å². The van der Waals surface area contributed by atoms with E-state index in [2.05, 4.69) is 13.8 Å². The fourth-order valence-electron chi connectivity index (χ4n) is 5.32. The predicted octanol–water partition coefficient (Wildman–Crippen LogP) is 2.44. The first-order chi connectivity index (χ1) is 7.89. The van der Waals surface area contributed by atoms with Crippen molar-refractivity contribution in [2.24, 2.45) is 35.0 Å². The first-order valence-corrected chi connectivity index (χ1v) is 7.23. The Bertz CT molecular complexity index is 321. The van der Waals surface area contributed by atoms with Gasteiger partial charge < -0.3 is 10.2 Å². The Morgan fingerprint density at radius 3 is 2.41 bits per heavy atom. The summed E-state index contributed by atoms with van der Waals surface area (Å²) in [6.45, 7) is 7.11. The fraction of sp³-hybridized carbons (Fsp3) is 1.00. The monoisotopic (exact) mass is 238 g/mol. The molecule has 0 heterocycles. The molecule has 0 unspecified atom stereocenters. The summed E-state index contributed by atoms with van der Waals surface area (Å²) in [5.74, 6) is 2.98.